The molecule has 0 atom stereocenters. The molecule has 0 saturated carbocycles. The molecule has 1 aliphatic rings. The van der Waals surface area contributed by atoms with Crippen LogP contribution in [0.3, 0.4) is 0 Å². The largest absolute Gasteiger partial charge is 0.454 e. The molecule has 2 aromatic rings. The van der Waals surface area contributed by atoms with E-state index in [1.165, 1.54) is 0 Å². The lowest BCUT2D eigenvalue weighted by Crippen LogP contribution is -2.32. The van der Waals surface area contributed by atoms with Crippen molar-refractivity contribution in [2.45, 2.75) is 20.4 Å². The second-order valence-electron chi connectivity index (χ2n) is 5.53. The van der Waals surface area contributed by atoms with Crippen LogP contribution in [0.5, 0.6) is 11.5 Å². The maximum Gasteiger partial charge on any atom is 0.252 e. The lowest BCUT2D eigenvalue weighted by atomic mass is 10.1. The number of aryl methyl sites for hydroxylation is 3. The van der Waals surface area contributed by atoms with Crippen molar-refractivity contribution in [1.82, 2.24) is 5.32 Å². The van der Waals surface area contributed by atoms with Crippen LogP contribution < -0.4 is 19.4 Å². The lowest BCUT2D eigenvalue weighted by Gasteiger charge is -2.09. The van der Waals surface area contributed by atoms with Gasteiger partial charge in [-0.15, -0.1) is 0 Å². The number of nitrogens with one attached hydrogen (secondary N) is 1. The second-order valence-corrected chi connectivity index (χ2v) is 5.53. The molecule has 114 valence electrons. The van der Waals surface area contributed by atoms with E-state index < -0.39 is 0 Å². The lowest BCUT2D eigenvalue weighted by molar-refractivity contribution is -0.672. The Morgan fingerprint density at radius 3 is 2.59 bits per heavy atom. The van der Waals surface area contributed by atoms with Crippen molar-refractivity contribution in [3.63, 3.8) is 0 Å². The van der Waals surface area contributed by atoms with Crippen molar-refractivity contribution in [3.05, 3.63) is 52.8 Å². The number of hydrogen-bond acceptors (Lipinski definition) is 3. The van der Waals surface area contributed by atoms with E-state index in [0.29, 0.717) is 6.54 Å². The summed E-state index contributed by atoms with van der Waals surface area (Å²) in [5.41, 5.74) is 3.64. The van der Waals surface area contributed by atoms with Crippen molar-refractivity contribution >= 4 is 5.91 Å². The number of ether oxygens (including phenoxy) is 2. The van der Waals surface area contributed by atoms with Crippen molar-refractivity contribution in [1.29, 1.82) is 0 Å². The molecule has 1 aromatic carbocycles. The average molecular weight is 299 g/mol. The Hall–Kier alpha value is -2.56. The monoisotopic (exact) mass is 299 g/mol. The minimum Gasteiger partial charge on any atom is -0.454 e. The maximum absolute atomic E-state index is 12.4. The predicted octanol–water partition coefficient (Wildman–Crippen LogP) is 1.79. The Kier molecular flexibility index (Phi) is 3.71. The molecule has 1 amide bonds. The highest BCUT2D eigenvalue weighted by molar-refractivity contribution is 5.96. The van der Waals surface area contributed by atoms with Gasteiger partial charge in [-0.2, -0.15) is 0 Å². The third-order valence-corrected chi connectivity index (χ3v) is 3.70. The highest BCUT2D eigenvalue weighted by atomic mass is 16.7. The number of fused-ring (bicyclic) bond motifs is 1. The summed E-state index contributed by atoms with van der Waals surface area (Å²) in [7, 11) is 1.95. The quantitative estimate of drug-likeness (QED) is 0.879. The maximum atomic E-state index is 12.4. The van der Waals surface area contributed by atoms with Crippen LogP contribution >= 0.6 is 0 Å². The summed E-state index contributed by atoms with van der Waals surface area (Å²) >= 11 is 0. The van der Waals surface area contributed by atoms with Crippen molar-refractivity contribution in [2.24, 2.45) is 7.05 Å². The molecule has 5 nitrogen and oxygen atoms in total. The highest BCUT2D eigenvalue weighted by Gasteiger charge is 2.17. The summed E-state index contributed by atoms with van der Waals surface area (Å²) in [5, 5.41) is 2.96. The zero-order chi connectivity index (χ0) is 15.7. The summed E-state index contributed by atoms with van der Waals surface area (Å²) in [6.07, 6.45) is 3.89. The molecule has 5 heteroatoms. The van der Waals surface area contributed by atoms with E-state index in [1.54, 1.807) is 0 Å². The molecule has 0 fully saturated rings. The normalized spacial score (nSPS) is 12.3. The molecule has 1 aromatic heterocycles. The Morgan fingerprint density at radius 2 is 1.86 bits per heavy atom. The van der Waals surface area contributed by atoms with Gasteiger partial charge in [-0.3, -0.25) is 4.79 Å². The van der Waals surface area contributed by atoms with Crippen LogP contribution in [-0.4, -0.2) is 12.7 Å². The number of carbonyl (C=O) groups excluding carboxylic acids is 1. The molecule has 22 heavy (non-hydrogen) atoms. The minimum absolute atomic E-state index is 0.0618. The summed E-state index contributed by atoms with van der Waals surface area (Å²) in [4.78, 5) is 12.4. The first kappa shape index (κ1) is 14.4. The van der Waals surface area contributed by atoms with E-state index in [0.717, 1.165) is 33.8 Å². The van der Waals surface area contributed by atoms with E-state index >= 15 is 0 Å². The molecule has 0 aliphatic carbocycles. The molecule has 0 spiro atoms. The van der Waals surface area contributed by atoms with E-state index in [1.807, 2.05) is 56.1 Å². The van der Waals surface area contributed by atoms with Crippen LogP contribution in [0.1, 0.15) is 27.0 Å². The predicted molar refractivity (Wildman–Crippen MR) is 80.8 cm³/mol. The number of aromatic nitrogens is 1. The number of pyridine rings is 1. The van der Waals surface area contributed by atoms with Crippen LogP contribution in [-0.2, 0) is 13.6 Å². The first-order chi connectivity index (χ1) is 10.5. The minimum atomic E-state index is -0.0618. The van der Waals surface area contributed by atoms with E-state index in [9.17, 15) is 4.79 Å². The van der Waals surface area contributed by atoms with Crippen molar-refractivity contribution in [2.75, 3.05) is 6.79 Å². The van der Waals surface area contributed by atoms with Gasteiger partial charge in [-0.25, -0.2) is 4.57 Å². The molecule has 0 unspecified atom stereocenters. The number of nitrogens with zero attached hydrogens (tertiary/aromatic N) is 1. The summed E-state index contributed by atoms with van der Waals surface area (Å²) in [5.74, 6) is 1.41. The van der Waals surface area contributed by atoms with Gasteiger partial charge in [0.15, 0.2) is 23.9 Å². The van der Waals surface area contributed by atoms with Crippen LogP contribution in [0.2, 0.25) is 0 Å². The Labute approximate surface area is 129 Å². The molecule has 3 rings (SSSR count). The smallest absolute Gasteiger partial charge is 0.252 e. The van der Waals surface area contributed by atoms with Crippen LogP contribution in [0.15, 0.2) is 30.6 Å². The highest BCUT2D eigenvalue weighted by Crippen LogP contribution is 2.32. The second kappa shape index (κ2) is 5.67. The molecule has 0 saturated heterocycles. The van der Waals surface area contributed by atoms with E-state index in [2.05, 4.69) is 5.32 Å². The van der Waals surface area contributed by atoms with Gasteiger partial charge in [-0.1, -0.05) is 6.07 Å². The van der Waals surface area contributed by atoms with Gasteiger partial charge in [0, 0.05) is 17.7 Å². The van der Waals surface area contributed by atoms with Gasteiger partial charge in [0.25, 0.3) is 5.91 Å². The van der Waals surface area contributed by atoms with E-state index in [-0.39, 0.29) is 12.7 Å². The van der Waals surface area contributed by atoms with Crippen molar-refractivity contribution < 1.29 is 18.8 Å². The molecule has 2 heterocycles. The zero-order valence-corrected chi connectivity index (χ0v) is 13.0. The molecular formula is C17H19N2O3+. The number of amides is 1. The standard InChI is InChI=1S/C17H18N2O3/c1-11-8-19(3)9-12(2)16(11)17(20)18-7-13-4-5-14-15(6-13)22-10-21-14/h4-6,8-9H,7,10H2,1-3H3/p+1. The fourth-order valence-corrected chi connectivity index (χ4v) is 2.77. The first-order valence-electron chi connectivity index (χ1n) is 7.18. The number of hydrogen-bond donors (Lipinski definition) is 1. The van der Waals surface area contributed by atoms with Crippen LogP contribution in [0.25, 0.3) is 0 Å². The third kappa shape index (κ3) is 2.74. The summed E-state index contributed by atoms with van der Waals surface area (Å²) in [6, 6.07) is 5.69. The van der Waals surface area contributed by atoms with Crippen LogP contribution in [0, 0.1) is 13.8 Å². The van der Waals surface area contributed by atoms with Gasteiger partial charge in [-0.05, 0) is 31.5 Å². The molecule has 0 radical (unpaired) electrons. The number of rotatable bonds is 3. The fraction of sp³-hybridized carbons (Fsp3) is 0.294. The Morgan fingerprint density at radius 1 is 1.18 bits per heavy atom. The topological polar surface area (TPSA) is 51.4 Å². The first-order valence-corrected chi connectivity index (χ1v) is 7.18. The Bertz CT molecular complexity index is 718. The van der Waals surface area contributed by atoms with Gasteiger partial charge in [0.2, 0.25) is 6.79 Å². The Balaban J connectivity index is 1.73. The molecular weight excluding hydrogens is 280 g/mol. The third-order valence-electron chi connectivity index (χ3n) is 3.70. The zero-order valence-electron chi connectivity index (χ0n) is 13.0. The van der Waals surface area contributed by atoms with Gasteiger partial charge < -0.3 is 14.8 Å². The van der Waals surface area contributed by atoms with Crippen LogP contribution in [0.4, 0.5) is 0 Å². The number of benzene rings is 1. The summed E-state index contributed by atoms with van der Waals surface area (Å²) < 4.78 is 12.6. The fourth-order valence-electron chi connectivity index (χ4n) is 2.77. The van der Waals surface area contributed by atoms with Crippen molar-refractivity contribution in [3.8, 4) is 11.5 Å². The van der Waals surface area contributed by atoms with Gasteiger partial charge >= 0.3 is 0 Å². The molecule has 1 aliphatic heterocycles. The molecule has 1 N–H and O–H groups in total. The summed E-state index contributed by atoms with van der Waals surface area (Å²) in [6.45, 7) is 4.60. The van der Waals surface area contributed by atoms with E-state index in [4.69, 9.17) is 9.47 Å². The SMILES string of the molecule is Cc1c[n+](C)cc(C)c1C(=O)NCc1ccc2c(c1)OCO2. The molecule has 0 bridgehead atoms. The van der Waals surface area contributed by atoms with Gasteiger partial charge in [0.1, 0.15) is 7.05 Å². The number of carbonyl (C=O) groups is 1. The van der Waals surface area contributed by atoms with Gasteiger partial charge in [0.05, 0.1) is 5.56 Å². The average Bonchev–Trinajstić information content (AvgIpc) is 2.91.